The van der Waals surface area contributed by atoms with Crippen LogP contribution >= 0.6 is 0 Å². The first kappa shape index (κ1) is 12.2. The van der Waals surface area contributed by atoms with Crippen molar-refractivity contribution in [2.75, 3.05) is 6.61 Å². The van der Waals surface area contributed by atoms with Gasteiger partial charge in [0.1, 0.15) is 0 Å². The smallest absolute Gasteiger partial charge is 0.0585 e. The zero-order chi connectivity index (χ0) is 11.3. The summed E-state index contributed by atoms with van der Waals surface area (Å²) in [6.07, 6.45) is 0.945. The lowest BCUT2D eigenvalue weighted by Crippen LogP contribution is -2.37. The summed E-state index contributed by atoms with van der Waals surface area (Å²) >= 11 is 0. The van der Waals surface area contributed by atoms with Gasteiger partial charge in [0.25, 0.3) is 0 Å². The fourth-order valence-corrected chi connectivity index (χ4v) is 1.90. The molecule has 1 aromatic carbocycles. The molecule has 0 aliphatic carbocycles. The predicted molar refractivity (Wildman–Crippen MR) is 63.5 cm³/mol. The van der Waals surface area contributed by atoms with Crippen LogP contribution in [0.1, 0.15) is 19.4 Å². The molecule has 84 valence electrons. The van der Waals surface area contributed by atoms with Crippen LogP contribution in [0.3, 0.4) is 0 Å². The Labute approximate surface area is 92.1 Å². The van der Waals surface area contributed by atoms with Crippen LogP contribution in [0.5, 0.6) is 0 Å². The molecule has 0 heterocycles. The maximum Gasteiger partial charge on any atom is 0.0585 e. The molecule has 1 rings (SSSR count). The predicted octanol–water partition coefficient (Wildman–Crippen LogP) is 1.82. The highest BCUT2D eigenvalue weighted by Crippen LogP contribution is 2.19. The molecule has 0 radical (unpaired) electrons. The lowest BCUT2D eigenvalue weighted by Gasteiger charge is -2.26. The first-order valence-corrected chi connectivity index (χ1v) is 5.55. The van der Waals surface area contributed by atoms with Crippen LogP contribution in [0, 0.1) is 11.8 Å². The molecule has 0 bridgehead atoms. The summed E-state index contributed by atoms with van der Waals surface area (Å²) in [4.78, 5) is 0. The topological polar surface area (TPSA) is 46.2 Å². The summed E-state index contributed by atoms with van der Waals surface area (Å²) in [5.41, 5.74) is 7.21. The van der Waals surface area contributed by atoms with E-state index in [0.29, 0.717) is 11.8 Å². The van der Waals surface area contributed by atoms with Crippen molar-refractivity contribution < 1.29 is 5.11 Å². The van der Waals surface area contributed by atoms with Crippen LogP contribution in [0.2, 0.25) is 0 Å². The van der Waals surface area contributed by atoms with Gasteiger partial charge >= 0.3 is 0 Å². The minimum absolute atomic E-state index is 0.0652. The van der Waals surface area contributed by atoms with Crippen molar-refractivity contribution in [2.45, 2.75) is 26.3 Å². The number of hydrogen-bond donors (Lipinski definition) is 2. The summed E-state index contributed by atoms with van der Waals surface area (Å²) in [6, 6.07) is 10.2. The molecule has 2 unspecified atom stereocenters. The molecule has 0 aliphatic rings. The number of aliphatic hydroxyl groups is 1. The van der Waals surface area contributed by atoms with Gasteiger partial charge in [-0.25, -0.2) is 0 Å². The molecule has 0 spiro atoms. The monoisotopic (exact) mass is 207 g/mol. The zero-order valence-electron chi connectivity index (χ0n) is 9.56. The largest absolute Gasteiger partial charge is 0.395 e. The number of rotatable bonds is 5. The number of nitrogens with two attached hydrogens (primary N) is 1. The van der Waals surface area contributed by atoms with Gasteiger partial charge in [-0.05, 0) is 23.8 Å². The van der Waals surface area contributed by atoms with E-state index >= 15 is 0 Å². The third kappa shape index (κ3) is 3.65. The van der Waals surface area contributed by atoms with Crippen LogP contribution in [-0.4, -0.2) is 17.8 Å². The maximum absolute atomic E-state index is 9.11. The first-order valence-electron chi connectivity index (χ1n) is 5.55. The standard InChI is InChI=1S/C13H21NO/c1-10(2)12(13(14)9-15)8-11-6-4-3-5-7-11/h3-7,10,12-13,15H,8-9,14H2,1-2H3. The van der Waals surface area contributed by atoms with Gasteiger partial charge in [0.2, 0.25) is 0 Å². The fraction of sp³-hybridized carbons (Fsp3) is 0.538. The molecule has 0 aliphatic heterocycles. The van der Waals surface area contributed by atoms with Gasteiger partial charge < -0.3 is 10.8 Å². The van der Waals surface area contributed by atoms with Crippen molar-refractivity contribution in [2.24, 2.45) is 17.6 Å². The molecular weight excluding hydrogens is 186 g/mol. The quantitative estimate of drug-likeness (QED) is 0.773. The van der Waals surface area contributed by atoms with Gasteiger partial charge in [-0.1, -0.05) is 44.2 Å². The van der Waals surface area contributed by atoms with E-state index in [0.717, 1.165) is 6.42 Å². The Balaban J connectivity index is 2.67. The number of aliphatic hydroxyl groups excluding tert-OH is 1. The highest BCUT2D eigenvalue weighted by Gasteiger charge is 2.20. The van der Waals surface area contributed by atoms with Crippen molar-refractivity contribution >= 4 is 0 Å². The molecule has 0 saturated carbocycles. The molecule has 15 heavy (non-hydrogen) atoms. The van der Waals surface area contributed by atoms with Crippen LogP contribution in [0.4, 0.5) is 0 Å². The van der Waals surface area contributed by atoms with Gasteiger partial charge in [0, 0.05) is 6.04 Å². The summed E-state index contributed by atoms with van der Waals surface area (Å²) < 4.78 is 0. The second-order valence-corrected chi connectivity index (χ2v) is 4.44. The van der Waals surface area contributed by atoms with E-state index in [4.69, 9.17) is 10.8 Å². The average molecular weight is 207 g/mol. The summed E-state index contributed by atoms with van der Waals surface area (Å²) in [6.45, 7) is 4.38. The molecule has 0 fully saturated rings. The van der Waals surface area contributed by atoms with Gasteiger partial charge in [0.05, 0.1) is 6.61 Å². The average Bonchev–Trinajstić information content (AvgIpc) is 2.26. The van der Waals surface area contributed by atoms with E-state index in [1.807, 2.05) is 18.2 Å². The Morgan fingerprint density at radius 1 is 1.20 bits per heavy atom. The van der Waals surface area contributed by atoms with Gasteiger partial charge in [0.15, 0.2) is 0 Å². The number of hydrogen-bond acceptors (Lipinski definition) is 2. The van der Waals surface area contributed by atoms with E-state index in [2.05, 4.69) is 26.0 Å². The fourth-order valence-electron chi connectivity index (χ4n) is 1.90. The Morgan fingerprint density at radius 2 is 1.80 bits per heavy atom. The Kier molecular flexibility index (Phi) is 4.79. The van der Waals surface area contributed by atoms with Crippen molar-refractivity contribution in [3.8, 4) is 0 Å². The maximum atomic E-state index is 9.11. The second kappa shape index (κ2) is 5.89. The van der Waals surface area contributed by atoms with Crippen molar-refractivity contribution in [1.82, 2.24) is 0 Å². The molecule has 0 amide bonds. The summed E-state index contributed by atoms with van der Waals surface area (Å²) in [7, 11) is 0. The molecule has 2 atom stereocenters. The van der Waals surface area contributed by atoms with E-state index in [-0.39, 0.29) is 12.6 Å². The van der Waals surface area contributed by atoms with Gasteiger partial charge in [-0.3, -0.25) is 0 Å². The lowest BCUT2D eigenvalue weighted by atomic mass is 9.84. The van der Waals surface area contributed by atoms with Crippen molar-refractivity contribution in [1.29, 1.82) is 0 Å². The first-order chi connectivity index (χ1) is 7.15. The normalized spacial score (nSPS) is 15.3. The minimum atomic E-state index is -0.120. The van der Waals surface area contributed by atoms with E-state index in [1.54, 1.807) is 0 Å². The van der Waals surface area contributed by atoms with Crippen LogP contribution in [-0.2, 0) is 6.42 Å². The van der Waals surface area contributed by atoms with E-state index < -0.39 is 0 Å². The van der Waals surface area contributed by atoms with Crippen LogP contribution < -0.4 is 5.73 Å². The lowest BCUT2D eigenvalue weighted by molar-refractivity contribution is 0.198. The minimum Gasteiger partial charge on any atom is -0.395 e. The molecule has 2 heteroatoms. The molecule has 0 saturated heterocycles. The SMILES string of the molecule is CC(C)C(Cc1ccccc1)C(N)CO. The van der Waals surface area contributed by atoms with Crippen LogP contribution in [0.15, 0.2) is 30.3 Å². The molecule has 1 aromatic rings. The number of benzene rings is 1. The van der Waals surface area contributed by atoms with E-state index in [1.165, 1.54) is 5.56 Å². The van der Waals surface area contributed by atoms with Crippen molar-refractivity contribution in [3.05, 3.63) is 35.9 Å². The third-order valence-electron chi connectivity index (χ3n) is 2.93. The van der Waals surface area contributed by atoms with Crippen LogP contribution in [0.25, 0.3) is 0 Å². The molecule has 0 aromatic heterocycles. The molecule has 3 N–H and O–H groups in total. The van der Waals surface area contributed by atoms with Gasteiger partial charge in [-0.15, -0.1) is 0 Å². The van der Waals surface area contributed by atoms with E-state index in [9.17, 15) is 0 Å². The Bertz CT molecular complexity index is 271. The zero-order valence-corrected chi connectivity index (χ0v) is 9.56. The Hall–Kier alpha value is -0.860. The summed E-state index contributed by atoms with van der Waals surface area (Å²) in [5, 5.41) is 9.11. The third-order valence-corrected chi connectivity index (χ3v) is 2.93. The molecule has 2 nitrogen and oxygen atoms in total. The highest BCUT2D eigenvalue weighted by molar-refractivity contribution is 5.15. The second-order valence-electron chi connectivity index (χ2n) is 4.44. The Morgan fingerprint density at radius 3 is 2.27 bits per heavy atom. The molecular formula is C13H21NO. The summed E-state index contributed by atoms with van der Waals surface area (Å²) in [5.74, 6) is 0.838. The highest BCUT2D eigenvalue weighted by atomic mass is 16.3. The van der Waals surface area contributed by atoms with Crippen molar-refractivity contribution in [3.63, 3.8) is 0 Å². The van der Waals surface area contributed by atoms with Gasteiger partial charge in [-0.2, -0.15) is 0 Å².